The summed E-state index contributed by atoms with van der Waals surface area (Å²) in [7, 11) is 3.34. The molecule has 0 spiro atoms. The first kappa shape index (κ1) is 26.7. The molecule has 30 heavy (non-hydrogen) atoms. The molecule has 6 nitrogen and oxygen atoms in total. The van der Waals surface area contributed by atoms with E-state index in [1.807, 2.05) is 6.07 Å². The minimum absolute atomic E-state index is 0.0408. The number of aliphatic hydroxyl groups is 1. The van der Waals surface area contributed by atoms with Crippen molar-refractivity contribution < 1.29 is 19.3 Å². The van der Waals surface area contributed by atoms with Crippen LogP contribution in [0.25, 0.3) is 0 Å². The standard InChI is InChI=1S/C24H44N2O4/c1-17(2)19(15-20(25)21(27)16-26-24(3,4)5)13-18-9-10-22(29-7)23(14-18)30-12-8-11-28-6/h9-10,14,17,19-21,26-27H,8,11-13,15-16,25H2,1-7H3/t19-,20-,21-/m0/s1. The molecule has 3 atom stereocenters. The molecule has 1 rings (SSSR count). The second-order valence-corrected chi connectivity index (χ2v) is 9.49. The number of hydrogen-bond acceptors (Lipinski definition) is 6. The number of nitrogens with two attached hydrogens (primary N) is 1. The Morgan fingerprint density at radius 2 is 1.80 bits per heavy atom. The maximum atomic E-state index is 10.5. The maximum Gasteiger partial charge on any atom is 0.161 e. The largest absolute Gasteiger partial charge is 0.493 e. The molecule has 0 fully saturated rings. The van der Waals surface area contributed by atoms with Crippen LogP contribution in [0.5, 0.6) is 11.5 Å². The second-order valence-electron chi connectivity index (χ2n) is 9.49. The third-order valence-electron chi connectivity index (χ3n) is 5.33. The Labute approximate surface area is 183 Å². The van der Waals surface area contributed by atoms with E-state index in [2.05, 4.69) is 52.1 Å². The molecule has 0 radical (unpaired) electrons. The van der Waals surface area contributed by atoms with Crippen molar-refractivity contribution in [1.82, 2.24) is 5.32 Å². The van der Waals surface area contributed by atoms with Crippen molar-refractivity contribution in [3.63, 3.8) is 0 Å². The van der Waals surface area contributed by atoms with Gasteiger partial charge in [0.2, 0.25) is 0 Å². The number of benzene rings is 1. The molecule has 0 aliphatic rings. The molecule has 0 amide bonds. The lowest BCUT2D eigenvalue weighted by Crippen LogP contribution is -2.48. The van der Waals surface area contributed by atoms with Crippen LogP contribution >= 0.6 is 0 Å². The molecule has 0 bridgehead atoms. The van der Waals surface area contributed by atoms with Gasteiger partial charge in [-0.1, -0.05) is 19.9 Å². The highest BCUT2D eigenvalue weighted by Crippen LogP contribution is 2.31. The quantitative estimate of drug-likeness (QED) is 0.397. The summed E-state index contributed by atoms with van der Waals surface area (Å²) in [6.07, 6.45) is 1.90. The first-order valence-corrected chi connectivity index (χ1v) is 11.0. The van der Waals surface area contributed by atoms with E-state index in [0.717, 1.165) is 30.8 Å². The number of ether oxygens (including phenoxy) is 3. The first-order valence-electron chi connectivity index (χ1n) is 11.0. The summed E-state index contributed by atoms with van der Waals surface area (Å²) in [4.78, 5) is 0. The van der Waals surface area contributed by atoms with Gasteiger partial charge in [-0.25, -0.2) is 0 Å². The summed E-state index contributed by atoms with van der Waals surface area (Å²) in [5, 5.41) is 13.8. The lowest BCUT2D eigenvalue weighted by atomic mass is 9.83. The Hall–Kier alpha value is -1.34. The summed E-state index contributed by atoms with van der Waals surface area (Å²) in [5.41, 5.74) is 7.51. The van der Waals surface area contributed by atoms with Gasteiger partial charge in [0.1, 0.15) is 0 Å². The van der Waals surface area contributed by atoms with Gasteiger partial charge in [-0.05, 0) is 63.1 Å². The number of nitrogens with one attached hydrogen (secondary N) is 1. The number of β-amino-alcohol motifs (C(OH)–C–C–N with tert-alkyl or cyclic N) is 1. The van der Waals surface area contributed by atoms with Gasteiger partial charge in [0.05, 0.1) is 19.8 Å². The molecule has 0 aliphatic heterocycles. The maximum absolute atomic E-state index is 10.5. The lowest BCUT2D eigenvalue weighted by molar-refractivity contribution is 0.117. The van der Waals surface area contributed by atoms with Crippen LogP contribution < -0.4 is 20.5 Å². The second kappa shape index (κ2) is 13.2. The summed E-state index contributed by atoms with van der Waals surface area (Å²) >= 11 is 0. The van der Waals surface area contributed by atoms with E-state index in [-0.39, 0.29) is 11.6 Å². The molecule has 174 valence electrons. The van der Waals surface area contributed by atoms with Crippen LogP contribution in [-0.4, -0.2) is 56.8 Å². The van der Waals surface area contributed by atoms with Gasteiger partial charge in [0.25, 0.3) is 0 Å². The number of rotatable bonds is 14. The average molecular weight is 425 g/mol. The number of methoxy groups -OCH3 is 2. The average Bonchev–Trinajstić information content (AvgIpc) is 2.68. The highest BCUT2D eigenvalue weighted by atomic mass is 16.5. The van der Waals surface area contributed by atoms with Crippen LogP contribution in [0, 0.1) is 11.8 Å². The molecule has 0 aromatic heterocycles. The van der Waals surface area contributed by atoms with E-state index < -0.39 is 6.10 Å². The van der Waals surface area contributed by atoms with Crippen molar-refractivity contribution in [2.75, 3.05) is 34.0 Å². The van der Waals surface area contributed by atoms with Gasteiger partial charge >= 0.3 is 0 Å². The third-order valence-corrected chi connectivity index (χ3v) is 5.33. The molecule has 4 N–H and O–H groups in total. The van der Waals surface area contributed by atoms with Crippen LogP contribution in [-0.2, 0) is 11.2 Å². The number of aliphatic hydroxyl groups excluding tert-OH is 1. The van der Waals surface area contributed by atoms with Crippen molar-refractivity contribution in [1.29, 1.82) is 0 Å². The molecular formula is C24H44N2O4. The minimum Gasteiger partial charge on any atom is -0.493 e. The minimum atomic E-state index is -0.568. The Bertz CT molecular complexity index is 601. The zero-order valence-corrected chi connectivity index (χ0v) is 20.0. The zero-order chi connectivity index (χ0) is 22.7. The summed E-state index contributed by atoms with van der Waals surface area (Å²) in [6, 6.07) is 5.83. The van der Waals surface area contributed by atoms with Crippen LogP contribution in [0.2, 0.25) is 0 Å². The zero-order valence-electron chi connectivity index (χ0n) is 20.0. The van der Waals surface area contributed by atoms with E-state index in [4.69, 9.17) is 19.9 Å². The SMILES string of the molecule is COCCCOc1cc(C[C@@H](C[C@H](N)[C@@H](O)CNC(C)(C)C)C(C)C)ccc1OC. The monoisotopic (exact) mass is 424 g/mol. The Morgan fingerprint density at radius 1 is 1.10 bits per heavy atom. The molecule has 0 saturated heterocycles. The van der Waals surface area contributed by atoms with Gasteiger partial charge in [-0.15, -0.1) is 0 Å². The van der Waals surface area contributed by atoms with E-state index in [1.54, 1.807) is 14.2 Å². The Morgan fingerprint density at radius 3 is 2.37 bits per heavy atom. The lowest BCUT2D eigenvalue weighted by Gasteiger charge is -2.29. The van der Waals surface area contributed by atoms with E-state index >= 15 is 0 Å². The molecule has 0 heterocycles. The first-order chi connectivity index (χ1) is 14.1. The molecular weight excluding hydrogens is 380 g/mol. The van der Waals surface area contributed by atoms with Crippen molar-refractivity contribution in [3.05, 3.63) is 23.8 Å². The summed E-state index contributed by atoms with van der Waals surface area (Å²) < 4.78 is 16.4. The fraction of sp³-hybridized carbons (Fsp3) is 0.750. The molecule has 0 unspecified atom stereocenters. The molecule has 0 saturated carbocycles. The molecule has 1 aromatic rings. The summed E-state index contributed by atoms with van der Waals surface area (Å²) in [6.45, 7) is 12.4. The Kier molecular flexibility index (Phi) is 11.7. The fourth-order valence-electron chi connectivity index (χ4n) is 3.31. The third kappa shape index (κ3) is 10.1. The Balaban J connectivity index is 2.77. The van der Waals surface area contributed by atoms with Gasteiger partial charge in [0, 0.05) is 38.3 Å². The van der Waals surface area contributed by atoms with Crippen LogP contribution in [0.15, 0.2) is 18.2 Å². The van der Waals surface area contributed by atoms with Crippen LogP contribution in [0.3, 0.4) is 0 Å². The summed E-state index contributed by atoms with van der Waals surface area (Å²) in [5.74, 6) is 2.30. The van der Waals surface area contributed by atoms with Crippen LogP contribution in [0.1, 0.15) is 53.0 Å². The molecule has 6 heteroatoms. The van der Waals surface area contributed by atoms with Crippen LogP contribution in [0.4, 0.5) is 0 Å². The van der Waals surface area contributed by atoms with E-state index in [1.165, 1.54) is 5.56 Å². The predicted molar refractivity (Wildman–Crippen MR) is 123 cm³/mol. The van der Waals surface area contributed by atoms with Crippen molar-refractivity contribution >= 4 is 0 Å². The van der Waals surface area contributed by atoms with E-state index in [9.17, 15) is 5.11 Å². The predicted octanol–water partition coefficient (Wildman–Crippen LogP) is 3.39. The molecule has 0 aliphatic carbocycles. The van der Waals surface area contributed by atoms with Gasteiger partial charge < -0.3 is 30.4 Å². The van der Waals surface area contributed by atoms with E-state index in [0.29, 0.717) is 31.6 Å². The fourth-order valence-corrected chi connectivity index (χ4v) is 3.31. The van der Waals surface area contributed by atoms with Crippen molar-refractivity contribution in [3.8, 4) is 11.5 Å². The van der Waals surface area contributed by atoms with Gasteiger partial charge in [-0.3, -0.25) is 0 Å². The highest BCUT2D eigenvalue weighted by Gasteiger charge is 2.24. The normalized spacial score (nSPS) is 15.1. The topological polar surface area (TPSA) is 86.0 Å². The number of hydrogen-bond donors (Lipinski definition) is 3. The highest BCUT2D eigenvalue weighted by molar-refractivity contribution is 5.43. The molecule has 1 aromatic carbocycles. The van der Waals surface area contributed by atoms with Crippen molar-refractivity contribution in [2.45, 2.75) is 71.6 Å². The van der Waals surface area contributed by atoms with Gasteiger partial charge in [-0.2, -0.15) is 0 Å². The van der Waals surface area contributed by atoms with Crippen molar-refractivity contribution in [2.24, 2.45) is 17.6 Å². The van der Waals surface area contributed by atoms with Gasteiger partial charge in [0.15, 0.2) is 11.5 Å². The smallest absolute Gasteiger partial charge is 0.161 e.